The molecule has 0 aromatic heterocycles. The maximum atomic E-state index is 12.6. The topological polar surface area (TPSA) is 117 Å². The van der Waals surface area contributed by atoms with Crippen LogP contribution in [0.2, 0.25) is 0 Å². The van der Waals surface area contributed by atoms with Crippen LogP contribution in [0.15, 0.2) is 97.1 Å². The zero-order valence-electron chi connectivity index (χ0n) is 25.5. The number of aliphatic carboxylic acids is 1. The molecule has 0 radical (unpaired) electrons. The van der Waals surface area contributed by atoms with Crippen LogP contribution in [-0.2, 0) is 14.3 Å². The zero-order valence-corrected chi connectivity index (χ0v) is 25.5. The summed E-state index contributed by atoms with van der Waals surface area (Å²) in [5.41, 5.74) is 9.20. The zero-order chi connectivity index (χ0) is 31.9. The highest BCUT2D eigenvalue weighted by Crippen LogP contribution is 2.45. The normalized spacial score (nSPS) is 13.0. The molecule has 46 heavy (non-hydrogen) atoms. The van der Waals surface area contributed by atoms with Crippen molar-refractivity contribution in [2.75, 3.05) is 45.9 Å². The Morgan fingerprint density at radius 3 is 1.26 bits per heavy atom. The molecule has 9 heteroatoms. The second-order valence-electron chi connectivity index (χ2n) is 11.5. The maximum absolute atomic E-state index is 12.6. The molecule has 0 unspecified atom stereocenters. The summed E-state index contributed by atoms with van der Waals surface area (Å²) in [4.78, 5) is 38.3. The monoisotopic (exact) mass is 619 g/mol. The van der Waals surface area contributed by atoms with Crippen LogP contribution in [0.1, 0.15) is 40.5 Å². The van der Waals surface area contributed by atoms with Gasteiger partial charge in [-0.15, -0.1) is 0 Å². The maximum Gasteiger partial charge on any atom is 0.407 e. The number of carboxylic acid groups (broad SMARTS) is 1. The summed E-state index contributed by atoms with van der Waals surface area (Å²) in [5, 5.41) is 14.8. The summed E-state index contributed by atoms with van der Waals surface area (Å²) in [6, 6.07) is 32.6. The van der Waals surface area contributed by atoms with E-state index in [1.807, 2.05) is 53.4 Å². The number of hydrogen-bond donors (Lipinski definition) is 3. The molecule has 6 rings (SSSR count). The number of ether oxygens (including phenoxy) is 2. The van der Waals surface area contributed by atoms with Crippen molar-refractivity contribution in [3.8, 4) is 22.3 Å². The first kappa shape index (κ1) is 30.9. The molecule has 236 valence electrons. The van der Waals surface area contributed by atoms with Gasteiger partial charge in [-0.3, -0.25) is 9.69 Å². The molecule has 3 N–H and O–H groups in total. The van der Waals surface area contributed by atoms with E-state index >= 15 is 0 Å². The van der Waals surface area contributed by atoms with Gasteiger partial charge in [-0.05, 0) is 44.5 Å². The molecule has 0 fully saturated rings. The van der Waals surface area contributed by atoms with Gasteiger partial charge in [-0.1, -0.05) is 97.1 Å². The molecule has 2 amide bonds. The van der Waals surface area contributed by atoms with Gasteiger partial charge < -0.3 is 25.2 Å². The van der Waals surface area contributed by atoms with Crippen LogP contribution < -0.4 is 10.6 Å². The fraction of sp³-hybridized carbons (Fsp3) is 0.270. The molecule has 0 aliphatic heterocycles. The number of carbonyl (C=O) groups is 3. The highest BCUT2D eigenvalue weighted by molar-refractivity contribution is 5.80. The second kappa shape index (κ2) is 14.3. The fourth-order valence-corrected chi connectivity index (χ4v) is 6.52. The molecular formula is C37H37N3O6. The lowest BCUT2D eigenvalue weighted by Crippen LogP contribution is -2.41. The van der Waals surface area contributed by atoms with Crippen LogP contribution in [0.4, 0.5) is 9.59 Å². The van der Waals surface area contributed by atoms with Crippen LogP contribution in [0.5, 0.6) is 0 Å². The number of alkyl carbamates (subject to hydrolysis) is 2. The third-order valence-electron chi connectivity index (χ3n) is 8.72. The Hall–Kier alpha value is -5.15. The summed E-state index contributed by atoms with van der Waals surface area (Å²) in [6.07, 6.45) is -1.12. The Balaban J connectivity index is 0.945. The number of fused-ring (bicyclic) bond motifs is 6. The minimum absolute atomic E-state index is 0.0331. The molecular weight excluding hydrogens is 582 g/mol. The molecule has 2 aliphatic carbocycles. The number of hydrogen-bond acceptors (Lipinski definition) is 6. The van der Waals surface area contributed by atoms with Crippen LogP contribution in [-0.4, -0.2) is 74.1 Å². The molecule has 9 nitrogen and oxygen atoms in total. The summed E-state index contributed by atoms with van der Waals surface area (Å²) in [5.74, 6) is -0.984. The molecule has 0 saturated carbocycles. The Morgan fingerprint density at radius 1 is 0.565 bits per heavy atom. The number of amides is 2. The Kier molecular flexibility index (Phi) is 9.59. The van der Waals surface area contributed by atoms with Gasteiger partial charge in [0.2, 0.25) is 0 Å². The average Bonchev–Trinajstić information content (AvgIpc) is 3.57. The van der Waals surface area contributed by atoms with E-state index in [4.69, 9.17) is 9.47 Å². The minimum Gasteiger partial charge on any atom is -0.481 e. The highest BCUT2D eigenvalue weighted by Gasteiger charge is 2.30. The van der Waals surface area contributed by atoms with Crippen molar-refractivity contribution in [2.45, 2.75) is 18.3 Å². The number of benzene rings is 4. The average molecular weight is 620 g/mol. The Labute approximate surface area is 268 Å². The second-order valence-corrected chi connectivity index (χ2v) is 11.5. The molecule has 0 atom stereocenters. The van der Waals surface area contributed by atoms with Crippen molar-refractivity contribution < 1.29 is 29.0 Å². The summed E-state index contributed by atoms with van der Waals surface area (Å²) in [7, 11) is 0. The molecule has 4 aromatic carbocycles. The van der Waals surface area contributed by atoms with E-state index in [0.29, 0.717) is 13.1 Å². The van der Waals surface area contributed by atoms with Gasteiger partial charge in [0.25, 0.3) is 0 Å². The number of nitrogens with zero attached hydrogens (tertiary/aromatic N) is 1. The minimum atomic E-state index is -0.918. The van der Waals surface area contributed by atoms with Gasteiger partial charge in [-0.2, -0.15) is 0 Å². The first-order chi connectivity index (χ1) is 22.5. The summed E-state index contributed by atoms with van der Waals surface area (Å²) in [6.45, 7) is 2.02. The predicted octanol–water partition coefficient (Wildman–Crippen LogP) is 5.84. The van der Waals surface area contributed by atoms with E-state index < -0.39 is 18.2 Å². The molecule has 0 saturated heterocycles. The SMILES string of the molecule is O=C(O)CCN(CCNC(=O)OCC1c2ccccc2-c2ccccc21)CCNC(=O)OCC1c2ccccc2-c2ccccc21. The van der Waals surface area contributed by atoms with Crippen molar-refractivity contribution in [2.24, 2.45) is 0 Å². The standard InChI is InChI=1S/C37H37N3O6/c41-35(42)17-20-40(21-18-38-36(43)45-23-33-29-13-5-1-9-25(29)26-10-2-6-14-30(26)33)22-19-39-37(44)46-24-34-31-15-7-3-11-27(31)28-12-4-8-16-32(28)34/h1-16,33-34H,17-24H2,(H,38,43)(H,39,44)(H,41,42). The molecule has 2 aliphatic rings. The van der Waals surface area contributed by atoms with Gasteiger partial charge in [0.1, 0.15) is 13.2 Å². The van der Waals surface area contributed by atoms with Crippen LogP contribution in [0.25, 0.3) is 22.3 Å². The van der Waals surface area contributed by atoms with E-state index in [9.17, 15) is 19.5 Å². The summed E-state index contributed by atoms with van der Waals surface area (Å²) < 4.78 is 11.2. The van der Waals surface area contributed by atoms with Crippen molar-refractivity contribution in [3.05, 3.63) is 119 Å². The van der Waals surface area contributed by atoms with E-state index in [2.05, 4.69) is 59.2 Å². The van der Waals surface area contributed by atoms with Crippen LogP contribution in [0, 0.1) is 0 Å². The smallest absolute Gasteiger partial charge is 0.407 e. The molecule has 0 heterocycles. The lowest BCUT2D eigenvalue weighted by atomic mass is 9.98. The van der Waals surface area contributed by atoms with Gasteiger partial charge in [0, 0.05) is 44.6 Å². The molecule has 4 aromatic rings. The lowest BCUT2D eigenvalue weighted by Gasteiger charge is -2.22. The van der Waals surface area contributed by atoms with Gasteiger partial charge in [0.15, 0.2) is 0 Å². The number of rotatable bonds is 13. The quantitative estimate of drug-likeness (QED) is 0.172. The van der Waals surface area contributed by atoms with E-state index in [0.717, 1.165) is 44.5 Å². The van der Waals surface area contributed by atoms with Crippen molar-refractivity contribution in [1.82, 2.24) is 15.5 Å². The van der Waals surface area contributed by atoms with Crippen molar-refractivity contribution >= 4 is 18.2 Å². The Morgan fingerprint density at radius 2 is 0.913 bits per heavy atom. The number of carboxylic acids is 1. The van der Waals surface area contributed by atoms with E-state index in [1.165, 1.54) is 0 Å². The molecule has 0 spiro atoms. The van der Waals surface area contributed by atoms with E-state index in [-0.39, 0.29) is 51.1 Å². The summed E-state index contributed by atoms with van der Waals surface area (Å²) >= 11 is 0. The fourth-order valence-electron chi connectivity index (χ4n) is 6.52. The highest BCUT2D eigenvalue weighted by atomic mass is 16.6. The Bertz CT molecular complexity index is 1510. The first-order valence-corrected chi connectivity index (χ1v) is 15.6. The van der Waals surface area contributed by atoms with Crippen molar-refractivity contribution in [3.63, 3.8) is 0 Å². The lowest BCUT2D eigenvalue weighted by molar-refractivity contribution is -0.137. The predicted molar refractivity (Wildman–Crippen MR) is 175 cm³/mol. The van der Waals surface area contributed by atoms with Crippen LogP contribution in [0.3, 0.4) is 0 Å². The van der Waals surface area contributed by atoms with Crippen LogP contribution >= 0.6 is 0 Å². The van der Waals surface area contributed by atoms with Gasteiger partial charge >= 0.3 is 18.2 Å². The van der Waals surface area contributed by atoms with Gasteiger partial charge in [-0.25, -0.2) is 9.59 Å². The van der Waals surface area contributed by atoms with E-state index in [1.54, 1.807) is 0 Å². The molecule has 0 bridgehead atoms. The third-order valence-corrected chi connectivity index (χ3v) is 8.72. The number of nitrogens with one attached hydrogen (secondary N) is 2. The number of carbonyl (C=O) groups excluding carboxylic acids is 2. The largest absolute Gasteiger partial charge is 0.481 e. The third kappa shape index (κ3) is 6.89. The first-order valence-electron chi connectivity index (χ1n) is 15.6. The van der Waals surface area contributed by atoms with Gasteiger partial charge in [0.05, 0.1) is 6.42 Å². The van der Waals surface area contributed by atoms with Crippen molar-refractivity contribution in [1.29, 1.82) is 0 Å².